The van der Waals surface area contributed by atoms with Gasteiger partial charge in [-0.2, -0.15) is 0 Å². The van der Waals surface area contributed by atoms with Crippen LogP contribution >= 0.6 is 0 Å². The maximum absolute atomic E-state index is 12.7. The third kappa shape index (κ3) is 28.6. The van der Waals surface area contributed by atoms with Crippen LogP contribution in [0.25, 0.3) is 0 Å². The Morgan fingerprint density at radius 1 is 0.544 bits per heavy atom. The number of unbranched alkanes of at least 4 members (excludes halogenated alkanes) is 6. The van der Waals surface area contributed by atoms with Crippen LogP contribution in [0.5, 0.6) is 0 Å². The third-order valence-electron chi connectivity index (χ3n) is 8.96. The lowest BCUT2D eigenvalue weighted by molar-refractivity contribution is -0.305. The Balaban J connectivity index is 2.42. The Kier molecular flexibility index (Phi) is 33.5. The average Bonchev–Trinajstić information content (AvgIpc) is 3.21. The Morgan fingerprint density at radius 3 is 1.53 bits per heavy atom. The highest BCUT2D eigenvalue weighted by Gasteiger charge is 2.44. The van der Waals surface area contributed by atoms with Crippen LogP contribution in [0.1, 0.15) is 129 Å². The molecule has 10 heteroatoms. The average molecular weight is 799 g/mol. The summed E-state index contributed by atoms with van der Waals surface area (Å²) in [5.41, 5.74) is 0. The second kappa shape index (κ2) is 36.9. The first-order valence-electron chi connectivity index (χ1n) is 21.3. The van der Waals surface area contributed by atoms with Crippen molar-refractivity contribution < 1.29 is 49.0 Å². The van der Waals surface area contributed by atoms with E-state index >= 15 is 0 Å². The highest BCUT2D eigenvalue weighted by molar-refractivity contribution is 5.70. The molecule has 0 amide bonds. The number of hydrogen-bond acceptors (Lipinski definition) is 10. The number of carbonyl (C=O) groups excluding carboxylic acids is 2. The fourth-order valence-electron chi connectivity index (χ4n) is 5.65. The van der Waals surface area contributed by atoms with Gasteiger partial charge in [0.1, 0.15) is 31.0 Å². The Labute approximate surface area is 343 Å². The molecule has 1 heterocycles. The molecule has 0 aromatic heterocycles. The molecule has 1 aliphatic heterocycles. The summed E-state index contributed by atoms with van der Waals surface area (Å²) in [6, 6.07) is 0. The van der Waals surface area contributed by atoms with Gasteiger partial charge in [-0.05, 0) is 83.5 Å². The number of aliphatic hydroxyl groups excluding tert-OH is 4. The lowest BCUT2D eigenvalue weighted by atomic mass is 9.99. The molecule has 322 valence electrons. The summed E-state index contributed by atoms with van der Waals surface area (Å²) in [5.74, 6) is -0.907. The van der Waals surface area contributed by atoms with E-state index in [1.165, 1.54) is 0 Å². The molecule has 1 rings (SSSR count). The number of ether oxygens (including phenoxy) is 4. The largest absolute Gasteiger partial charge is 0.462 e. The lowest BCUT2D eigenvalue weighted by Gasteiger charge is -2.39. The van der Waals surface area contributed by atoms with Crippen LogP contribution in [0, 0.1) is 0 Å². The van der Waals surface area contributed by atoms with Crippen molar-refractivity contribution in [2.24, 2.45) is 0 Å². The minimum atomic E-state index is -1.61. The monoisotopic (exact) mass is 799 g/mol. The van der Waals surface area contributed by atoms with Gasteiger partial charge in [0.15, 0.2) is 12.4 Å². The standard InChI is InChI=1S/C47H74O10/c1-3-5-7-9-11-13-15-17-19-20-22-23-25-27-29-31-33-35-42(49)54-38-40(39-55-47-46(53)45(52)44(51)41(37-48)57-47)56-43(50)36-34-32-30-28-26-24-21-18-16-14-12-10-8-6-4-2/h5-8,11-14,17-19,21-23,27,29,40-41,44-48,51-53H,3-4,9-10,15-16,20,24-26,28,30-39H2,1-2H3/b7-5-,8-6-,13-11-,14-12-,19-17-,21-18-,23-22-,29-27-/t40-,41-,44+,45?,46?,47-/m1/s1. The van der Waals surface area contributed by atoms with Gasteiger partial charge < -0.3 is 39.4 Å². The zero-order valence-electron chi connectivity index (χ0n) is 34.8. The molecule has 6 atom stereocenters. The fourth-order valence-corrected chi connectivity index (χ4v) is 5.65. The van der Waals surface area contributed by atoms with Gasteiger partial charge in [0, 0.05) is 12.8 Å². The number of hydrogen-bond donors (Lipinski definition) is 4. The van der Waals surface area contributed by atoms with Crippen LogP contribution in [0.15, 0.2) is 97.2 Å². The minimum absolute atomic E-state index is 0.187. The molecular weight excluding hydrogens is 725 g/mol. The second-order valence-corrected chi connectivity index (χ2v) is 14.0. The first-order valence-corrected chi connectivity index (χ1v) is 21.3. The molecule has 0 saturated carbocycles. The van der Waals surface area contributed by atoms with Gasteiger partial charge in [0.25, 0.3) is 0 Å². The summed E-state index contributed by atoms with van der Waals surface area (Å²) in [4.78, 5) is 25.3. The topological polar surface area (TPSA) is 152 Å². The smallest absolute Gasteiger partial charge is 0.306 e. The normalized spacial score (nSPS) is 21.3. The molecule has 1 fully saturated rings. The van der Waals surface area contributed by atoms with E-state index in [4.69, 9.17) is 18.9 Å². The minimum Gasteiger partial charge on any atom is -0.462 e. The Hall–Kier alpha value is -3.38. The maximum atomic E-state index is 12.7. The maximum Gasteiger partial charge on any atom is 0.306 e. The quantitative estimate of drug-likeness (QED) is 0.0288. The number of rotatable bonds is 33. The Morgan fingerprint density at radius 2 is 1.00 bits per heavy atom. The third-order valence-corrected chi connectivity index (χ3v) is 8.96. The van der Waals surface area contributed by atoms with Crippen molar-refractivity contribution >= 4 is 11.9 Å². The molecule has 0 bridgehead atoms. The van der Waals surface area contributed by atoms with Crippen LogP contribution in [-0.4, -0.2) is 89.0 Å². The van der Waals surface area contributed by atoms with Crippen molar-refractivity contribution in [1.82, 2.24) is 0 Å². The molecule has 57 heavy (non-hydrogen) atoms. The van der Waals surface area contributed by atoms with E-state index in [1.807, 2.05) is 6.08 Å². The molecule has 0 aromatic rings. The van der Waals surface area contributed by atoms with Crippen molar-refractivity contribution in [1.29, 1.82) is 0 Å². The van der Waals surface area contributed by atoms with Gasteiger partial charge in [-0.15, -0.1) is 0 Å². The van der Waals surface area contributed by atoms with Crippen molar-refractivity contribution in [3.05, 3.63) is 97.2 Å². The highest BCUT2D eigenvalue weighted by Crippen LogP contribution is 2.22. The molecule has 4 N–H and O–H groups in total. The highest BCUT2D eigenvalue weighted by atomic mass is 16.7. The summed E-state index contributed by atoms with van der Waals surface area (Å²) in [7, 11) is 0. The van der Waals surface area contributed by atoms with Crippen LogP contribution in [-0.2, 0) is 28.5 Å². The first kappa shape index (κ1) is 51.6. The number of carbonyl (C=O) groups is 2. The van der Waals surface area contributed by atoms with Crippen molar-refractivity contribution in [3.63, 3.8) is 0 Å². The summed E-state index contributed by atoms with van der Waals surface area (Å²) in [6.07, 6.45) is 41.3. The molecule has 0 aliphatic carbocycles. The predicted molar refractivity (Wildman–Crippen MR) is 228 cm³/mol. The van der Waals surface area contributed by atoms with Gasteiger partial charge in [0.05, 0.1) is 13.2 Å². The first-order chi connectivity index (χ1) is 27.8. The molecule has 0 aromatic carbocycles. The van der Waals surface area contributed by atoms with E-state index in [2.05, 4.69) is 105 Å². The van der Waals surface area contributed by atoms with E-state index in [9.17, 15) is 30.0 Å². The van der Waals surface area contributed by atoms with Crippen molar-refractivity contribution in [3.8, 4) is 0 Å². The fraction of sp³-hybridized carbons (Fsp3) is 0.617. The molecule has 10 nitrogen and oxygen atoms in total. The zero-order chi connectivity index (χ0) is 41.6. The van der Waals surface area contributed by atoms with E-state index in [0.29, 0.717) is 19.3 Å². The summed E-state index contributed by atoms with van der Waals surface area (Å²) < 4.78 is 22.0. The van der Waals surface area contributed by atoms with E-state index in [1.54, 1.807) is 0 Å². The van der Waals surface area contributed by atoms with Gasteiger partial charge in [-0.3, -0.25) is 9.59 Å². The van der Waals surface area contributed by atoms with Crippen LogP contribution in [0.4, 0.5) is 0 Å². The summed E-state index contributed by atoms with van der Waals surface area (Å²) >= 11 is 0. The number of aliphatic hydroxyl groups is 4. The predicted octanol–water partition coefficient (Wildman–Crippen LogP) is 8.77. The van der Waals surface area contributed by atoms with E-state index in [-0.39, 0.29) is 26.1 Å². The van der Waals surface area contributed by atoms with E-state index in [0.717, 1.165) is 83.5 Å². The van der Waals surface area contributed by atoms with E-state index < -0.39 is 55.4 Å². The van der Waals surface area contributed by atoms with Gasteiger partial charge >= 0.3 is 11.9 Å². The van der Waals surface area contributed by atoms with Gasteiger partial charge in [-0.1, -0.05) is 130 Å². The van der Waals surface area contributed by atoms with Crippen LogP contribution in [0.3, 0.4) is 0 Å². The van der Waals surface area contributed by atoms with Crippen molar-refractivity contribution in [2.75, 3.05) is 19.8 Å². The van der Waals surface area contributed by atoms with Gasteiger partial charge in [0.2, 0.25) is 0 Å². The molecule has 1 saturated heterocycles. The Bertz CT molecular complexity index is 1240. The molecule has 1 aliphatic rings. The van der Waals surface area contributed by atoms with Crippen LogP contribution in [0.2, 0.25) is 0 Å². The van der Waals surface area contributed by atoms with Crippen molar-refractivity contribution in [2.45, 2.75) is 166 Å². The number of esters is 2. The van der Waals surface area contributed by atoms with Gasteiger partial charge in [-0.25, -0.2) is 0 Å². The molecule has 0 radical (unpaired) electrons. The molecule has 2 unspecified atom stereocenters. The lowest BCUT2D eigenvalue weighted by Crippen LogP contribution is -2.59. The number of allylic oxidation sites excluding steroid dienone is 16. The molecule has 0 spiro atoms. The summed E-state index contributed by atoms with van der Waals surface area (Å²) in [6.45, 7) is 3.09. The second-order valence-electron chi connectivity index (χ2n) is 14.0. The van der Waals surface area contributed by atoms with Crippen LogP contribution < -0.4 is 0 Å². The SMILES string of the molecule is CC/C=C\C/C=C\C/C=C\C/C=C\C/C=C\CCCC(=O)OC[C@H](CO[C@@H]1O[C@H](CO)[C@H](O)C(O)C1O)OC(=O)CCCCCCC/C=C\C/C=C\C/C=C\CC. The molecular formula is C47H74O10. The summed E-state index contributed by atoms with van der Waals surface area (Å²) in [5, 5.41) is 40.0. The zero-order valence-corrected chi connectivity index (χ0v) is 34.8.